The summed E-state index contributed by atoms with van der Waals surface area (Å²) in [5.74, 6) is 0.299. The van der Waals surface area contributed by atoms with Gasteiger partial charge in [-0.2, -0.15) is 0 Å². The first-order valence-electron chi connectivity index (χ1n) is 9.99. The summed E-state index contributed by atoms with van der Waals surface area (Å²) in [6.07, 6.45) is 1.03. The van der Waals surface area contributed by atoms with Gasteiger partial charge in [0.25, 0.3) is 10.0 Å². The van der Waals surface area contributed by atoms with E-state index < -0.39 is 10.0 Å². The Morgan fingerprint density at radius 3 is 2.53 bits per heavy atom. The maximum absolute atomic E-state index is 13.1. The molecule has 3 aromatic rings. The number of likely N-dealkylation sites (tertiary alicyclic amines) is 1. The zero-order valence-electron chi connectivity index (χ0n) is 17.3. The highest BCUT2D eigenvalue weighted by atomic mass is 35.5. The van der Waals surface area contributed by atoms with E-state index in [1.165, 1.54) is 30.0 Å². The standard InChI is InChI=1S/C23H22ClFN2O3S2/c1-27-12-11-19(15-27)30-18-4-2-3-17(13-18)26-32(28,29)23-10-9-21(14-22(23)24)31-20-7-5-16(25)6-8-20/h2-10,13-14,19,26H,11-12,15H2,1H3/t19-/m1/s1. The fourth-order valence-corrected chi connectivity index (χ4v) is 5.95. The molecule has 1 N–H and O–H groups in total. The number of nitrogens with one attached hydrogen (secondary N) is 1. The molecule has 0 bridgehead atoms. The number of anilines is 1. The molecule has 4 rings (SSSR count). The Balaban J connectivity index is 1.47. The summed E-state index contributed by atoms with van der Waals surface area (Å²) >= 11 is 7.67. The zero-order chi connectivity index (χ0) is 22.7. The number of hydrogen-bond donors (Lipinski definition) is 1. The lowest BCUT2D eigenvalue weighted by Gasteiger charge is -2.15. The third-order valence-electron chi connectivity index (χ3n) is 4.98. The molecular weight excluding hydrogens is 471 g/mol. The lowest BCUT2D eigenvalue weighted by atomic mass is 10.3. The van der Waals surface area contributed by atoms with Gasteiger partial charge in [-0.15, -0.1) is 0 Å². The summed E-state index contributed by atoms with van der Waals surface area (Å²) in [6, 6.07) is 17.7. The third-order valence-corrected chi connectivity index (χ3v) is 7.84. The number of likely N-dealkylation sites (N-methyl/N-ethyl adjacent to an activating group) is 1. The molecule has 0 spiro atoms. The van der Waals surface area contributed by atoms with E-state index in [4.69, 9.17) is 16.3 Å². The van der Waals surface area contributed by atoms with Gasteiger partial charge in [0, 0.05) is 28.9 Å². The highest BCUT2D eigenvalue weighted by molar-refractivity contribution is 7.99. The van der Waals surface area contributed by atoms with Crippen LogP contribution >= 0.6 is 23.4 Å². The van der Waals surface area contributed by atoms with Crippen LogP contribution in [0.15, 0.2) is 81.4 Å². The van der Waals surface area contributed by atoms with Crippen molar-refractivity contribution < 1.29 is 17.5 Å². The van der Waals surface area contributed by atoms with Crippen LogP contribution < -0.4 is 9.46 Å². The number of rotatable bonds is 7. The molecule has 0 unspecified atom stereocenters. The Morgan fingerprint density at radius 2 is 1.84 bits per heavy atom. The minimum atomic E-state index is -3.90. The summed E-state index contributed by atoms with van der Waals surface area (Å²) in [4.78, 5) is 3.74. The van der Waals surface area contributed by atoms with E-state index in [9.17, 15) is 12.8 Å². The van der Waals surface area contributed by atoms with Gasteiger partial charge in [-0.3, -0.25) is 4.72 Å². The molecule has 0 radical (unpaired) electrons. The zero-order valence-corrected chi connectivity index (χ0v) is 19.7. The van der Waals surface area contributed by atoms with Crippen LogP contribution in [-0.2, 0) is 10.0 Å². The van der Waals surface area contributed by atoms with Gasteiger partial charge in [0.15, 0.2) is 0 Å². The Labute approximate surface area is 196 Å². The molecule has 1 aliphatic heterocycles. The predicted molar refractivity (Wildman–Crippen MR) is 126 cm³/mol. The SMILES string of the molecule is CN1CC[C@@H](Oc2cccc(NS(=O)(=O)c3ccc(Sc4ccc(F)cc4)cc3Cl)c2)C1. The third kappa shape index (κ3) is 5.75. The summed E-state index contributed by atoms with van der Waals surface area (Å²) in [6.45, 7) is 1.82. The summed E-state index contributed by atoms with van der Waals surface area (Å²) in [5.41, 5.74) is 0.398. The number of ether oxygens (including phenoxy) is 1. The van der Waals surface area contributed by atoms with Gasteiger partial charge in [-0.1, -0.05) is 29.4 Å². The second kappa shape index (κ2) is 9.70. The molecular formula is C23H22ClFN2O3S2. The summed E-state index contributed by atoms with van der Waals surface area (Å²) < 4.78 is 47.5. The highest BCUT2D eigenvalue weighted by Crippen LogP contribution is 2.33. The van der Waals surface area contributed by atoms with Crippen LogP contribution in [0.25, 0.3) is 0 Å². The topological polar surface area (TPSA) is 58.6 Å². The van der Waals surface area contributed by atoms with E-state index in [2.05, 4.69) is 9.62 Å². The van der Waals surface area contributed by atoms with Gasteiger partial charge >= 0.3 is 0 Å². The maximum atomic E-state index is 13.1. The van der Waals surface area contributed by atoms with Gasteiger partial charge < -0.3 is 9.64 Å². The number of sulfonamides is 1. The molecule has 3 aromatic carbocycles. The molecule has 1 atom stereocenters. The van der Waals surface area contributed by atoms with Crippen molar-refractivity contribution in [1.29, 1.82) is 0 Å². The first kappa shape index (κ1) is 22.9. The Bertz CT molecular complexity index is 1210. The number of nitrogens with zero attached hydrogens (tertiary/aromatic N) is 1. The molecule has 0 aliphatic carbocycles. The normalized spacial score (nSPS) is 16.8. The van der Waals surface area contributed by atoms with E-state index in [1.54, 1.807) is 42.5 Å². The van der Waals surface area contributed by atoms with Crippen molar-refractivity contribution in [3.05, 3.63) is 77.6 Å². The molecule has 1 fully saturated rings. The minimum Gasteiger partial charge on any atom is -0.489 e. The van der Waals surface area contributed by atoms with E-state index >= 15 is 0 Å². The molecule has 0 aromatic heterocycles. The molecule has 32 heavy (non-hydrogen) atoms. The van der Waals surface area contributed by atoms with Gasteiger partial charge in [0.1, 0.15) is 22.6 Å². The quantitative estimate of drug-likeness (QED) is 0.471. The van der Waals surface area contributed by atoms with Crippen molar-refractivity contribution in [1.82, 2.24) is 4.90 Å². The first-order valence-corrected chi connectivity index (χ1v) is 12.7. The molecule has 1 aliphatic rings. The van der Waals surface area contributed by atoms with Crippen LogP contribution in [0.1, 0.15) is 6.42 Å². The number of halogens is 2. The Morgan fingerprint density at radius 1 is 1.09 bits per heavy atom. The predicted octanol–water partition coefficient (Wildman–Crippen LogP) is 5.51. The van der Waals surface area contributed by atoms with E-state index in [0.29, 0.717) is 11.4 Å². The van der Waals surface area contributed by atoms with Crippen molar-refractivity contribution in [3.63, 3.8) is 0 Å². The largest absolute Gasteiger partial charge is 0.489 e. The fourth-order valence-electron chi connectivity index (χ4n) is 3.43. The van der Waals surface area contributed by atoms with Crippen LogP contribution in [0.4, 0.5) is 10.1 Å². The van der Waals surface area contributed by atoms with Crippen LogP contribution in [-0.4, -0.2) is 39.6 Å². The van der Waals surface area contributed by atoms with Crippen LogP contribution in [0, 0.1) is 5.82 Å². The van der Waals surface area contributed by atoms with Gasteiger partial charge in [-0.25, -0.2) is 12.8 Å². The summed E-state index contributed by atoms with van der Waals surface area (Å²) in [5, 5.41) is 0.103. The molecule has 1 heterocycles. The van der Waals surface area contributed by atoms with Gasteiger partial charge in [0.05, 0.1) is 10.7 Å². The van der Waals surface area contributed by atoms with Crippen molar-refractivity contribution >= 4 is 39.1 Å². The average molecular weight is 493 g/mol. The van der Waals surface area contributed by atoms with Crippen LogP contribution in [0.3, 0.4) is 0 Å². The number of hydrogen-bond acceptors (Lipinski definition) is 5. The lowest BCUT2D eigenvalue weighted by molar-refractivity contribution is 0.208. The van der Waals surface area contributed by atoms with Gasteiger partial charge in [-0.05, 0) is 68.1 Å². The molecule has 168 valence electrons. The monoisotopic (exact) mass is 492 g/mol. The fraction of sp³-hybridized carbons (Fsp3) is 0.217. The van der Waals surface area contributed by atoms with E-state index in [0.717, 1.165) is 29.3 Å². The van der Waals surface area contributed by atoms with Crippen LogP contribution in [0.2, 0.25) is 5.02 Å². The molecule has 1 saturated heterocycles. The second-order valence-corrected chi connectivity index (χ2v) is 10.8. The minimum absolute atomic E-state index is 0.0219. The van der Waals surface area contributed by atoms with E-state index in [1.807, 2.05) is 13.1 Å². The molecule has 9 heteroatoms. The Kier molecular flexibility index (Phi) is 6.95. The molecule has 5 nitrogen and oxygen atoms in total. The van der Waals surface area contributed by atoms with Crippen molar-refractivity contribution in [2.75, 3.05) is 24.9 Å². The van der Waals surface area contributed by atoms with Crippen molar-refractivity contribution in [2.45, 2.75) is 27.2 Å². The average Bonchev–Trinajstić information content (AvgIpc) is 3.14. The van der Waals surface area contributed by atoms with Crippen LogP contribution in [0.5, 0.6) is 5.75 Å². The van der Waals surface area contributed by atoms with Gasteiger partial charge in [0.2, 0.25) is 0 Å². The second-order valence-electron chi connectivity index (χ2n) is 7.57. The maximum Gasteiger partial charge on any atom is 0.263 e. The summed E-state index contributed by atoms with van der Waals surface area (Å²) in [7, 11) is -1.85. The molecule has 0 amide bonds. The Hall–Kier alpha value is -2.26. The van der Waals surface area contributed by atoms with Crippen molar-refractivity contribution in [3.8, 4) is 5.75 Å². The molecule has 0 saturated carbocycles. The van der Waals surface area contributed by atoms with E-state index in [-0.39, 0.29) is 21.8 Å². The first-order chi connectivity index (χ1) is 15.3. The van der Waals surface area contributed by atoms with Crippen molar-refractivity contribution in [2.24, 2.45) is 0 Å². The number of benzene rings is 3. The lowest BCUT2D eigenvalue weighted by Crippen LogP contribution is -2.21. The highest BCUT2D eigenvalue weighted by Gasteiger charge is 2.22. The smallest absolute Gasteiger partial charge is 0.263 e.